The van der Waals surface area contributed by atoms with Gasteiger partial charge < -0.3 is 9.84 Å². The molecule has 0 fully saturated rings. The van der Waals surface area contributed by atoms with E-state index in [1.807, 2.05) is 0 Å². The van der Waals surface area contributed by atoms with Gasteiger partial charge >= 0.3 is 12.4 Å². The van der Waals surface area contributed by atoms with Crippen LogP contribution >= 0.6 is 11.6 Å². The van der Waals surface area contributed by atoms with Crippen LogP contribution in [-0.2, 0) is 12.0 Å². The summed E-state index contributed by atoms with van der Waals surface area (Å²) >= 11 is 6.19. The standard InChI is InChI=1S/C26H19ClF6N2O3/c1-14-10-16(24(37,25(28,29)30)26(31,32)33)8-9-20(14)35-22(11-15-6-4-3-5-7-15)34-19-13-21(38-2)18(27)12-17(19)23(35)36/h3-10,12-13,37H,11H2,1-2H3. The van der Waals surface area contributed by atoms with Gasteiger partial charge in [-0.2, -0.15) is 26.3 Å². The second-order valence-electron chi connectivity index (χ2n) is 8.54. The van der Waals surface area contributed by atoms with Gasteiger partial charge in [0.05, 0.1) is 28.7 Å². The fourth-order valence-corrected chi connectivity index (χ4v) is 4.40. The Morgan fingerprint density at radius 2 is 1.61 bits per heavy atom. The van der Waals surface area contributed by atoms with Crippen LogP contribution in [0.1, 0.15) is 22.5 Å². The average Bonchev–Trinajstić information content (AvgIpc) is 2.83. The zero-order valence-electron chi connectivity index (χ0n) is 19.8. The Morgan fingerprint density at radius 3 is 2.16 bits per heavy atom. The normalized spacial score (nSPS) is 12.7. The number of ether oxygens (including phenoxy) is 1. The predicted octanol–water partition coefficient (Wildman–Crippen LogP) is 6.26. The van der Waals surface area contributed by atoms with Crippen LogP contribution in [0.3, 0.4) is 0 Å². The molecule has 0 atom stereocenters. The van der Waals surface area contributed by atoms with Crippen LogP contribution in [0.4, 0.5) is 26.3 Å². The number of methoxy groups -OCH3 is 1. The van der Waals surface area contributed by atoms with Crippen LogP contribution in [0, 0.1) is 6.92 Å². The molecule has 0 saturated heterocycles. The average molecular weight is 557 g/mol. The van der Waals surface area contributed by atoms with Gasteiger partial charge in [-0.05, 0) is 30.2 Å². The lowest BCUT2D eigenvalue weighted by Crippen LogP contribution is -2.54. The molecule has 4 rings (SSSR count). The first-order chi connectivity index (χ1) is 17.7. The molecule has 0 aliphatic rings. The molecular formula is C26H19ClF6N2O3. The van der Waals surface area contributed by atoms with E-state index in [2.05, 4.69) is 4.98 Å². The summed E-state index contributed by atoms with van der Waals surface area (Å²) in [5, 5.41) is 9.97. The summed E-state index contributed by atoms with van der Waals surface area (Å²) in [6.45, 7) is 1.23. The van der Waals surface area contributed by atoms with Crippen molar-refractivity contribution in [2.75, 3.05) is 7.11 Å². The van der Waals surface area contributed by atoms with E-state index in [-0.39, 0.29) is 45.2 Å². The number of halogens is 7. The van der Waals surface area contributed by atoms with E-state index in [0.29, 0.717) is 12.1 Å². The van der Waals surface area contributed by atoms with Crippen LogP contribution < -0.4 is 10.3 Å². The van der Waals surface area contributed by atoms with E-state index in [1.165, 1.54) is 26.2 Å². The zero-order valence-corrected chi connectivity index (χ0v) is 20.5. The Balaban J connectivity index is 1.99. The topological polar surface area (TPSA) is 64.3 Å². The van der Waals surface area contributed by atoms with Gasteiger partial charge in [-0.3, -0.25) is 9.36 Å². The fraction of sp³-hybridized carbons (Fsp3) is 0.231. The molecule has 0 saturated carbocycles. The number of alkyl halides is 6. The highest BCUT2D eigenvalue weighted by molar-refractivity contribution is 6.32. The maximum Gasteiger partial charge on any atom is 0.430 e. The molecule has 4 aromatic rings. The molecule has 1 aromatic heterocycles. The van der Waals surface area contributed by atoms with Gasteiger partial charge in [0.2, 0.25) is 0 Å². The smallest absolute Gasteiger partial charge is 0.430 e. The fourth-order valence-electron chi connectivity index (χ4n) is 4.15. The third-order valence-electron chi connectivity index (χ3n) is 6.09. The minimum Gasteiger partial charge on any atom is -0.495 e. The lowest BCUT2D eigenvalue weighted by atomic mass is 9.90. The van der Waals surface area contributed by atoms with Gasteiger partial charge in [0.1, 0.15) is 11.6 Å². The second kappa shape index (κ2) is 9.63. The SMILES string of the molecule is COc1cc2nc(Cc3ccccc3)n(-c3ccc(C(O)(C(F)(F)F)C(F)(F)F)cc3C)c(=O)c2cc1Cl. The Morgan fingerprint density at radius 1 is 0.974 bits per heavy atom. The number of aryl methyl sites for hydroxylation is 1. The van der Waals surface area contributed by atoms with Crippen LogP contribution in [-0.4, -0.2) is 34.1 Å². The molecule has 38 heavy (non-hydrogen) atoms. The number of benzene rings is 3. The molecule has 0 radical (unpaired) electrons. The van der Waals surface area contributed by atoms with E-state index < -0.39 is 29.1 Å². The third kappa shape index (κ3) is 4.60. The molecule has 0 spiro atoms. The van der Waals surface area contributed by atoms with Crippen molar-refractivity contribution in [2.24, 2.45) is 0 Å². The van der Waals surface area contributed by atoms with Gasteiger partial charge in [0.15, 0.2) is 0 Å². The number of hydrogen-bond acceptors (Lipinski definition) is 4. The molecule has 1 N–H and O–H groups in total. The van der Waals surface area contributed by atoms with E-state index >= 15 is 0 Å². The largest absolute Gasteiger partial charge is 0.495 e. The van der Waals surface area contributed by atoms with Crippen LogP contribution in [0.5, 0.6) is 5.75 Å². The quantitative estimate of drug-likeness (QED) is 0.295. The van der Waals surface area contributed by atoms with Crippen molar-refractivity contribution in [3.05, 3.63) is 98.6 Å². The molecule has 0 aliphatic heterocycles. The first kappa shape index (κ1) is 27.5. The highest BCUT2D eigenvalue weighted by Crippen LogP contribution is 2.50. The zero-order chi connectivity index (χ0) is 28.0. The summed E-state index contributed by atoms with van der Waals surface area (Å²) in [7, 11) is 1.38. The van der Waals surface area contributed by atoms with Crippen molar-refractivity contribution in [1.82, 2.24) is 9.55 Å². The first-order valence-corrected chi connectivity index (χ1v) is 11.4. The van der Waals surface area contributed by atoms with Crippen molar-refractivity contribution in [3.8, 4) is 11.4 Å². The van der Waals surface area contributed by atoms with E-state index in [4.69, 9.17) is 16.3 Å². The summed E-state index contributed by atoms with van der Waals surface area (Å²) in [6.07, 6.45) is -12.0. The second-order valence-corrected chi connectivity index (χ2v) is 8.95. The van der Waals surface area contributed by atoms with Crippen LogP contribution in [0.2, 0.25) is 5.02 Å². The number of hydrogen-bond donors (Lipinski definition) is 1. The van der Waals surface area contributed by atoms with E-state index in [1.54, 1.807) is 30.3 Å². The Bertz CT molecular complexity index is 1550. The maximum atomic E-state index is 13.7. The number of rotatable bonds is 5. The molecule has 0 amide bonds. The van der Waals surface area contributed by atoms with Crippen molar-refractivity contribution in [1.29, 1.82) is 0 Å². The van der Waals surface area contributed by atoms with Crippen LogP contribution in [0.25, 0.3) is 16.6 Å². The minimum atomic E-state index is -6.05. The van der Waals surface area contributed by atoms with Crippen molar-refractivity contribution >= 4 is 22.5 Å². The van der Waals surface area contributed by atoms with Crippen molar-refractivity contribution in [2.45, 2.75) is 31.3 Å². The molecule has 0 aliphatic carbocycles. The molecule has 0 bridgehead atoms. The number of aliphatic hydroxyl groups is 1. The number of nitrogens with zero attached hydrogens (tertiary/aromatic N) is 2. The van der Waals surface area contributed by atoms with Gasteiger partial charge in [-0.1, -0.05) is 54.1 Å². The van der Waals surface area contributed by atoms with Gasteiger partial charge in [0, 0.05) is 18.1 Å². The first-order valence-electron chi connectivity index (χ1n) is 11.0. The third-order valence-corrected chi connectivity index (χ3v) is 6.39. The molecule has 5 nitrogen and oxygen atoms in total. The van der Waals surface area contributed by atoms with E-state index in [0.717, 1.165) is 16.2 Å². The number of fused-ring (bicyclic) bond motifs is 1. The highest BCUT2D eigenvalue weighted by atomic mass is 35.5. The van der Waals surface area contributed by atoms with Crippen molar-refractivity contribution < 1.29 is 36.2 Å². The number of aromatic nitrogens is 2. The van der Waals surface area contributed by atoms with Gasteiger partial charge in [-0.25, -0.2) is 4.98 Å². The van der Waals surface area contributed by atoms with E-state index in [9.17, 15) is 36.2 Å². The lowest BCUT2D eigenvalue weighted by Gasteiger charge is -2.33. The Labute approximate surface area is 216 Å². The summed E-state index contributed by atoms with van der Waals surface area (Å²) in [5.74, 6) is 0.421. The summed E-state index contributed by atoms with van der Waals surface area (Å²) in [4.78, 5) is 18.2. The Hall–Kier alpha value is -3.57. The molecule has 0 unspecified atom stereocenters. The molecule has 1 heterocycles. The Kier molecular flexibility index (Phi) is 6.96. The van der Waals surface area contributed by atoms with Gasteiger partial charge in [0.25, 0.3) is 11.2 Å². The predicted molar refractivity (Wildman–Crippen MR) is 129 cm³/mol. The van der Waals surface area contributed by atoms with Crippen LogP contribution in [0.15, 0.2) is 65.5 Å². The molecule has 3 aromatic carbocycles. The summed E-state index contributed by atoms with van der Waals surface area (Å²) in [6, 6.07) is 13.6. The van der Waals surface area contributed by atoms with Crippen molar-refractivity contribution in [3.63, 3.8) is 0 Å². The minimum absolute atomic E-state index is 0.0160. The summed E-state index contributed by atoms with van der Waals surface area (Å²) < 4.78 is 86.9. The molecular weight excluding hydrogens is 538 g/mol. The molecule has 12 heteroatoms. The monoisotopic (exact) mass is 556 g/mol. The summed E-state index contributed by atoms with van der Waals surface area (Å²) in [5.41, 5.74) is -6.36. The molecule has 200 valence electrons. The lowest BCUT2D eigenvalue weighted by molar-refractivity contribution is -0.376. The highest BCUT2D eigenvalue weighted by Gasteiger charge is 2.71. The van der Waals surface area contributed by atoms with Gasteiger partial charge in [-0.15, -0.1) is 0 Å². The maximum absolute atomic E-state index is 13.7.